The van der Waals surface area contributed by atoms with Gasteiger partial charge in [-0.3, -0.25) is 4.79 Å². The highest BCUT2D eigenvalue weighted by Crippen LogP contribution is 2.40. The van der Waals surface area contributed by atoms with E-state index in [-0.39, 0.29) is 17.4 Å². The molecular weight excluding hydrogens is 276 g/mol. The molecule has 1 unspecified atom stereocenters. The summed E-state index contributed by atoms with van der Waals surface area (Å²) in [6, 6.07) is 9.55. The second kappa shape index (κ2) is 8.30. The van der Waals surface area contributed by atoms with E-state index in [9.17, 15) is 4.79 Å². The molecular formula is C18H28N2O2. The highest BCUT2D eigenvalue weighted by Gasteiger charge is 2.33. The molecule has 0 bridgehead atoms. The number of ether oxygens (including phenoxy) is 1. The zero-order valence-corrected chi connectivity index (χ0v) is 13.5. The molecule has 0 spiro atoms. The minimum absolute atomic E-state index is 0.0417. The molecule has 3 N–H and O–H groups in total. The van der Waals surface area contributed by atoms with Crippen molar-refractivity contribution >= 4 is 5.91 Å². The van der Waals surface area contributed by atoms with Crippen molar-refractivity contribution < 1.29 is 9.53 Å². The van der Waals surface area contributed by atoms with Gasteiger partial charge in [-0.25, -0.2) is 0 Å². The van der Waals surface area contributed by atoms with Crippen LogP contribution >= 0.6 is 0 Å². The Morgan fingerprint density at radius 1 is 1.32 bits per heavy atom. The summed E-state index contributed by atoms with van der Waals surface area (Å²) in [5, 5.41) is 3.10. The van der Waals surface area contributed by atoms with Crippen LogP contribution in [-0.2, 0) is 9.53 Å². The Morgan fingerprint density at radius 2 is 2.00 bits per heavy atom. The lowest BCUT2D eigenvalue weighted by atomic mass is 9.83. The first-order chi connectivity index (χ1) is 10.7. The van der Waals surface area contributed by atoms with Gasteiger partial charge in [0.1, 0.15) is 0 Å². The van der Waals surface area contributed by atoms with Crippen molar-refractivity contribution in [3.05, 3.63) is 35.9 Å². The Bertz CT molecular complexity index is 455. The number of nitrogens with two attached hydrogens (primary N) is 1. The van der Waals surface area contributed by atoms with Gasteiger partial charge in [-0.1, -0.05) is 43.2 Å². The zero-order chi connectivity index (χ0) is 15.8. The molecule has 2 rings (SSSR count). The molecule has 1 aromatic carbocycles. The van der Waals surface area contributed by atoms with E-state index in [0.29, 0.717) is 6.42 Å². The maximum Gasteiger partial charge on any atom is 0.221 e. The lowest BCUT2D eigenvalue weighted by Crippen LogP contribution is -2.37. The molecule has 22 heavy (non-hydrogen) atoms. The van der Waals surface area contributed by atoms with Crippen molar-refractivity contribution in [3.8, 4) is 0 Å². The lowest BCUT2D eigenvalue weighted by molar-refractivity contribution is -0.122. The van der Waals surface area contributed by atoms with Gasteiger partial charge in [-0.05, 0) is 30.2 Å². The summed E-state index contributed by atoms with van der Waals surface area (Å²) < 4.78 is 5.23. The zero-order valence-electron chi connectivity index (χ0n) is 13.5. The molecule has 1 aromatic rings. The quantitative estimate of drug-likeness (QED) is 0.776. The van der Waals surface area contributed by atoms with Crippen molar-refractivity contribution in [2.45, 2.75) is 44.6 Å². The standard InChI is InChI=1S/C18H28N2O2/c1-22-12-11-18(9-5-6-10-18)14-20-17(21)13-16(19)15-7-3-2-4-8-15/h2-4,7-8,16H,5-6,9-14,19H2,1H3,(H,20,21). The van der Waals surface area contributed by atoms with Crippen LogP contribution in [0.5, 0.6) is 0 Å². The molecule has 4 heteroatoms. The highest BCUT2D eigenvalue weighted by molar-refractivity contribution is 5.76. The molecule has 0 aromatic heterocycles. The van der Waals surface area contributed by atoms with Crippen LogP contribution in [0.15, 0.2) is 30.3 Å². The van der Waals surface area contributed by atoms with Crippen LogP contribution in [0.4, 0.5) is 0 Å². The third kappa shape index (κ3) is 4.82. The largest absolute Gasteiger partial charge is 0.385 e. The monoisotopic (exact) mass is 304 g/mol. The van der Waals surface area contributed by atoms with E-state index in [2.05, 4.69) is 5.32 Å². The molecule has 1 aliphatic rings. The Hall–Kier alpha value is -1.39. The number of hydrogen-bond acceptors (Lipinski definition) is 3. The third-order valence-corrected chi connectivity index (χ3v) is 4.79. The average Bonchev–Trinajstić information content (AvgIpc) is 3.01. The topological polar surface area (TPSA) is 64.3 Å². The molecule has 4 nitrogen and oxygen atoms in total. The summed E-state index contributed by atoms with van der Waals surface area (Å²) in [6.07, 6.45) is 6.23. The van der Waals surface area contributed by atoms with Crippen LogP contribution in [0.1, 0.15) is 50.1 Å². The van der Waals surface area contributed by atoms with Gasteiger partial charge in [0.25, 0.3) is 0 Å². The van der Waals surface area contributed by atoms with Gasteiger partial charge in [0.15, 0.2) is 0 Å². The number of nitrogens with one attached hydrogen (secondary N) is 1. The summed E-state index contributed by atoms with van der Waals surface area (Å²) in [7, 11) is 1.74. The van der Waals surface area contributed by atoms with Crippen molar-refractivity contribution in [3.63, 3.8) is 0 Å². The Labute approximate surface area is 133 Å². The van der Waals surface area contributed by atoms with E-state index in [0.717, 1.165) is 25.1 Å². The molecule has 0 heterocycles. The second-order valence-electron chi connectivity index (χ2n) is 6.45. The van der Waals surface area contributed by atoms with Gasteiger partial charge in [-0.15, -0.1) is 0 Å². The average molecular weight is 304 g/mol. The lowest BCUT2D eigenvalue weighted by Gasteiger charge is -2.29. The normalized spacial score (nSPS) is 18.1. The van der Waals surface area contributed by atoms with Crippen molar-refractivity contribution in [1.29, 1.82) is 0 Å². The maximum atomic E-state index is 12.2. The van der Waals surface area contributed by atoms with Crippen molar-refractivity contribution in [2.24, 2.45) is 11.1 Å². The summed E-state index contributed by atoms with van der Waals surface area (Å²) in [6.45, 7) is 1.51. The number of benzene rings is 1. The van der Waals surface area contributed by atoms with E-state index in [1.165, 1.54) is 25.7 Å². The molecule has 122 valence electrons. The first kappa shape index (κ1) is 17.0. The van der Waals surface area contributed by atoms with Gasteiger partial charge < -0.3 is 15.8 Å². The van der Waals surface area contributed by atoms with Crippen molar-refractivity contribution in [2.75, 3.05) is 20.3 Å². The summed E-state index contributed by atoms with van der Waals surface area (Å²) in [5.74, 6) is 0.0417. The summed E-state index contributed by atoms with van der Waals surface area (Å²) in [4.78, 5) is 12.2. The minimum Gasteiger partial charge on any atom is -0.385 e. The molecule has 1 atom stereocenters. The second-order valence-corrected chi connectivity index (χ2v) is 6.45. The highest BCUT2D eigenvalue weighted by atomic mass is 16.5. The number of rotatable bonds is 8. The van der Waals surface area contributed by atoms with Crippen LogP contribution in [-0.4, -0.2) is 26.2 Å². The minimum atomic E-state index is -0.236. The van der Waals surface area contributed by atoms with Crippen LogP contribution in [0.25, 0.3) is 0 Å². The smallest absolute Gasteiger partial charge is 0.221 e. The Morgan fingerprint density at radius 3 is 2.64 bits per heavy atom. The van der Waals surface area contributed by atoms with E-state index in [4.69, 9.17) is 10.5 Å². The fourth-order valence-electron chi connectivity index (χ4n) is 3.33. The van der Waals surface area contributed by atoms with Gasteiger partial charge in [0, 0.05) is 32.7 Å². The fraction of sp³-hybridized carbons (Fsp3) is 0.611. The molecule has 0 saturated heterocycles. The van der Waals surface area contributed by atoms with Gasteiger partial charge in [-0.2, -0.15) is 0 Å². The first-order valence-corrected chi connectivity index (χ1v) is 8.21. The van der Waals surface area contributed by atoms with Crippen LogP contribution in [0.2, 0.25) is 0 Å². The van der Waals surface area contributed by atoms with Crippen molar-refractivity contribution in [1.82, 2.24) is 5.32 Å². The van der Waals surface area contributed by atoms with Crippen LogP contribution < -0.4 is 11.1 Å². The van der Waals surface area contributed by atoms with E-state index >= 15 is 0 Å². The van der Waals surface area contributed by atoms with Crippen LogP contribution in [0, 0.1) is 5.41 Å². The summed E-state index contributed by atoms with van der Waals surface area (Å²) >= 11 is 0. The molecule has 1 amide bonds. The number of methoxy groups -OCH3 is 1. The first-order valence-electron chi connectivity index (χ1n) is 8.21. The maximum absolute atomic E-state index is 12.2. The number of hydrogen-bond donors (Lipinski definition) is 2. The molecule has 1 aliphatic carbocycles. The molecule has 0 radical (unpaired) electrons. The number of amides is 1. The predicted molar refractivity (Wildman–Crippen MR) is 88.4 cm³/mol. The molecule has 1 saturated carbocycles. The predicted octanol–water partition coefficient (Wildman–Crippen LogP) is 2.79. The molecule has 1 fully saturated rings. The van der Waals surface area contributed by atoms with Gasteiger partial charge in [0.2, 0.25) is 5.91 Å². The fourth-order valence-corrected chi connectivity index (χ4v) is 3.33. The number of carbonyl (C=O) groups excluding carboxylic acids is 1. The Kier molecular flexibility index (Phi) is 6.40. The van der Waals surface area contributed by atoms with E-state index in [1.54, 1.807) is 7.11 Å². The third-order valence-electron chi connectivity index (χ3n) is 4.79. The SMILES string of the molecule is COCCC1(CNC(=O)CC(N)c2ccccc2)CCCC1. The summed E-state index contributed by atoms with van der Waals surface area (Å²) in [5.41, 5.74) is 7.34. The van der Waals surface area contributed by atoms with Gasteiger partial charge in [0.05, 0.1) is 0 Å². The van der Waals surface area contributed by atoms with Crippen LogP contribution in [0.3, 0.4) is 0 Å². The van der Waals surface area contributed by atoms with E-state index in [1.807, 2.05) is 30.3 Å². The molecule has 0 aliphatic heterocycles. The van der Waals surface area contributed by atoms with Gasteiger partial charge >= 0.3 is 0 Å². The van der Waals surface area contributed by atoms with E-state index < -0.39 is 0 Å². The Balaban J connectivity index is 1.81. The number of carbonyl (C=O) groups is 1.